The predicted molar refractivity (Wildman–Crippen MR) is 83.1 cm³/mol. The van der Waals surface area contributed by atoms with E-state index in [1.165, 1.54) is 0 Å². The van der Waals surface area contributed by atoms with Gasteiger partial charge in [0.1, 0.15) is 5.38 Å². The zero-order valence-electron chi connectivity index (χ0n) is 13.4. The number of halogens is 1. The molecule has 0 aromatic carbocycles. The lowest BCUT2D eigenvalue weighted by atomic mass is 9.81. The van der Waals surface area contributed by atoms with Crippen molar-refractivity contribution in [2.24, 2.45) is 5.41 Å². The van der Waals surface area contributed by atoms with E-state index in [0.717, 1.165) is 0 Å². The molecule has 1 aliphatic rings. The molecular weight excluding hydrogens is 278 g/mol. The number of amides is 1. The summed E-state index contributed by atoms with van der Waals surface area (Å²) >= 11 is 6.13. The molecule has 0 aromatic rings. The average Bonchev–Trinajstić information content (AvgIpc) is 2.19. The van der Waals surface area contributed by atoms with E-state index in [4.69, 9.17) is 16.0 Å². The van der Waals surface area contributed by atoms with E-state index in [1.807, 2.05) is 0 Å². The van der Waals surface area contributed by atoms with Crippen LogP contribution >= 0.6 is 11.6 Å². The first-order valence-corrected chi connectivity index (χ1v) is 10.2. The predicted octanol–water partition coefficient (Wildman–Crippen LogP) is 3.53. The Morgan fingerprint density at radius 1 is 1.21 bits per heavy atom. The summed E-state index contributed by atoms with van der Waals surface area (Å²) in [7, 11) is -1.88. The first-order valence-electron chi connectivity index (χ1n) is 6.89. The van der Waals surface area contributed by atoms with Crippen LogP contribution in [-0.2, 0) is 9.22 Å². The van der Waals surface area contributed by atoms with Gasteiger partial charge in [0.25, 0.3) is 0 Å². The van der Waals surface area contributed by atoms with Crippen molar-refractivity contribution < 1.29 is 9.22 Å². The van der Waals surface area contributed by atoms with Gasteiger partial charge in [0.05, 0.1) is 12.1 Å². The fourth-order valence-corrected chi connectivity index (χ4v) is 3.64. The van der Waals surface area contributed by atoms with E-state index in [2.05, 4.69) is 60.0 Å². The number of carbonyl (C=O) groups is 1. The van der Waals surface area contributed by atoms with Crippen molar-refractivity contribution >= 4 is 25.8 Å². The van der Waals surface area contributed by atoms with Crippen LogP contribution in [0.4, 0.5) is 0 Å². The molecule has 19 heavy (non-hydrogen) atoms. The van der Waals surface area contributed by atoms with Gasteiger partial charge in [-0.3, -0.25) is 4.79 Å². The molecule has 0 radical (unpaired) electrons. The third-order valence-corrected chi connectivity index (χ3v) is 9.21. The molecule has 0 saturated carbocycles. The molecule has 5 heteroatoms. The minimum atomic E-state index is -1.88. The van der Waals surface area contributed by atoms with E-state index < -0.39 is 13.7 Å². The molecule has 1 amide bonds. The number of alkyl halides is 1. The lowest BCUT2D eigenvalue weighted by Gasteiger charge is -2.49. The highest BCUT2D eigenvalue weighted by atomic mass is 35.5. The Morgan fingerprint density at radius 2 is 1.68 bits per heavy atom. The Morgan fingerprint density at radius 3 is 1.95 bits per heavy atom. The highest BCUT2D eigenvalue weighted by molar-refractivity contribution is 6.74. The summed E-state index contributed by atoms with van der Waals surface area (Å²) < 4.78 is 6.53. The molecule has 0 spiro atoms. The van der Waals surface area contributed by atoms with Crippen molar-refractivity contribution in [1.82, 2.24) is 5.32 Å². The van der Waals surface area contributed by atoms with Gasteiger partial charge >= 0.3 is 0 Å². The molecule has 1 heterocycles. The van der Waals surface area contributed by atoms with E-state index in [0.29, 0.717) is 0 Å². The quantitative estimate of drug-likeness (QED) is 0.492. The second kappa shape index (κ2) is 5.04. The molecule has 1 N–H and O–H groups in total. The summed E-state index contributed by atoms with van der Waals surface area (Å²) in [5.74, 6) is -0.0836. The highest BCUT2D eigenvalue weighted by Gasteiger charge is 2.51. The molecule has 0 aromatic heterocycles. The van der Waals surface area contributed by atoms with Gasteiger partial charge in [-0.1, -0.05) is 41.5 Å². The summed E-state index contributed by atoms with van der Waals surface area (Å²) in [5, 5.41) is 2.58. The molecule has 3 atom stereocenters. The first-order chi connectivity index (χ1) is 8.27. The Labute approximate surface area is 123 Å². The standard InChI is InChI=1S/C14H28ClNO2Si/c1-13(2,3)11(10-9(15)12(17)16-10)18-19(7,8)14(4,5)6/h9-11H,1-8H3,(H,16,17)/t9-,10+,11+/m0/s1. The van der Waals surface area contributed by atoms with Crippen LogP contribution in [0.25, 0.3) is 0 Å². The topological polar surface area (TPSA) is 38.3 Å². The number of carbonyl (C=O) groups excluding carboxylic acids is 1. The lowest BCUT2D eigenvalue weighted by Crippen LogP contribution is -2.69. The monoisotopic (exact) mass is 305 g/mol. The van der Waals surface area contributed by atoms with Crippen molar-refractivity contribution in [2.45, 2.75) is 77.2 Å². The van der Waals surface area contributed by atoms with Gasteiger partial charge in [-0.25, -0.2) is 0 Å². The number of rotatable bonds is 3. The third kappa shape index (κ3) is 3.53. The zero-order chi connectivity index (χ0) is 15.2. The lowest BCUT2D eigenvalue weighted by molar-refractivity contribution is -0.131. The molecule has 0 bridgehead atoms. The Hall–Kier alpha value is -0.0631. The molecular formula is C14H28ClNO2Si. The summed E-state index contributed by atoms with van der Waals surface area (Å²) in [6, 6.07) is -0.0803. The number of nitrogens with one attached hydrogen (secondary N) is 1. The van der Waals surface area contributed by atoms with Crippen LogP contribution in [0.15, 0.2) is 0 Å². The van der Waals surface area contributed by atoms with Crippen LogP contribution in [-0.4, -0.2) is 31.7 Å². The fourth-order valence-electron chi connectivity index (χ4n) is 1.90. The molecule has 0 unspecified atom stereocenters. The normalized spacial score (nSPS) is 26.7. The van der Waals surface area contributed by atoms with Crippen LogP contribution in [0.1, 0.15) is 41.5 Å². The summed E-state index contributed by atoms with van der Waals surface area (Å²) in [4.78, 5) is 11.3. The maximum Gasteiger partial charge on any atom is 0.240 e. The van der Waals surface area contributed by atoms with Crippen molar-refractivity contribution in [1.29, 1.82) is 0 Å². The maximum atomic E-state index is 11.3. The van der Waals surface area contributed by atoms with Crippen molar-refractivity contribution in [3.05, 3.63) is 0 Å². The van der Waals surface area contributed by atoms with Crippen molar-refractivity contribution in [2.75, 3.05) is 0 Å². The van der Waals surface area contributed by atoms with Gasteiger partial charge in [0.15, 0.2) is 8.32 Å². The number of hydrogen-bond acceptors (Lipinski definition) is 2. The molecule has 112 valence electrons. The Bertz CT molecular complexity index is 357. The van der Waals surface area contributed by atoms with Gasteiger partial charge in [0.2, 0.25) is 5.91 Å². The maximum absolute atomic E-state index is 11.3. The van der Waals surface area contributed by atoms with E-state index in [-0.39, 0.29) is 28.5 Å². The third-order valence-electron chi connectivity index (χ3n) is 4.28. The average molecular weight is 306 g/mol. The van der Waals surface area contributed by atoms with E-state index in [1.54, 1.807) is 0 Å². The summed E-state index contributed by atoms with van der Waals surface area (Å²) in [6.07, 6.45) is -0.0476. The van der Waals surface area contributed by atoms with E-state index >= 15 is 0 Å². The van der Waals surface area contributed by atoms with Crippen LogP contribution < -0.4 is 5.32 Å². The van der Waals surface area contributed by atoms with Crippen molar-refractivity contribution in [3.8, 4) is 0 Å². The Kier molecular flexibility index (Phi) is 4.51. The van der Waals surface area contributed by atoms with Gasteiger partial charge in [0, 0.05) is 0 Å². The van der Waals surface area contributed by atoms with Crippen molar-refractivity contribution in [3.63, 3.8) is 0 Å². The van der Waals surface area contributed by atoms with Gasteiger partial charge in [-0.15, -0.1) is 11.6 Å². The molecule has 1 aliphatic heterocycles. The SMILES string of the molecule is CC(C)(C)[C@H](O[Si](C)(C)C(C)(C)C)[C@@H]1NC(=O)[C@H]1Cl. The highest BCUT2D eigenvalue weighted by Crippen LogP contribution is 2.41. The summed E-state index contributed by atoms with van der Waals surface area (Å²) in [6.45, 7) is 17.5. The zero-order valence-corrected chi connectivity index (χ0v) is 15.2. The van der Waals surface area contributed by atoms with Gasteiger partial charge in [-0.2, -0.15) is 0 Å². The van der Waals surface area contributed by atoms with Gasteiger partial charge in [-0.05, 0) is 23.5 Å². The van der Waals surface area contributed by atoms with Crippen LogP contribution in [0.3, 0.4) is 0 Å². The second-order valence-electron chi connectivity index (χ2n) is 8.10. The van der Waals surface area contributed by atoms with Gasteiger partial charge < -0.3 is 9.74 Å². The summed E-state index contributed by atoms with van der Waals surface area (Å²) in [5.41, 5.74) is -0.0545. The minimum Gasteiger partial charge on any atom is -0.411 e. The Balaban J connectivity index is 2.92. The largest absolute Gasteiger partial charge is 0.411 e. The molecule has 1 fully saturated rings. The number of hydrogen-bond donors (Lipinski definition) is 1. The van der Waals surface area contributed by atoms with Crippen LogP contribution in [0.2, 0.25) is 18.1 Å². The smallest absolute Gasteiger partial charge is 0.240 e. The second-order valence-corrected chi connectivity index (χ2v) is 13.3. The first kappa shape index (κ1) is 17.0. The van der Waals surface area contributed by atoms with Crippen LogP contribution in [0.5, 0.6) is 0 Å². The molecule has 1 saturated heterocycles. The van der Waals surface area contributed by atoms with Crippen LogP contribution in [0, 0.1) is 5.41 Å². The molecule has 1 rings (SSSR count). The van der Waals surface area contributed by atoms with E-state index in [9.17, 15) is 4.79 Å². The molecule has 0 aliphatic carbocycles. The minimum absolute atomic E-state index is 0.0476. The molecule has 3 nitrogen and oxygen atoms in total. The number of β-lactam (4-membered cyclic amide) rings is 1. The fraction of sp³-hybridized carbons (Fsp3) is 0.929.